The van der Waals surface area contributed by atoms with Gasteiger partial charge in [0.1, 0.15) is 12.2 Å². The minimum Gasteiger partial charge on any atom is -0.453 e. The fraction of sp³-hybridized carbons (Fsp3) is 0.760. The lowest BCUT2D eigenvalue weighted by atomic mass is 9.78. The Bertz CT molecular complexity index is 811. The third-order valence-corrected chi connectivity index (χ3v) is 7.19. The molecular weight excluding hydrogens is 412 g/mol. The van der Waals surface area contributed by atoms with Crippen LogP contribution in [0, 0.1) is 17.3 Å². The highest BCUT2D eigenvalue weighted by molar-refractivity contribution is 5.87. The van der Waals surface area contributed by atoms with Crippen LogP contribution in [0.15, 0.2) is 23.8 Å². The maximum absolute atomic E-state index is 13.2. The molecule has 8 atom stereocenters. The van der Waals surface area contributed by atoms with Gasteiger partial charge in [-0.15, -0.1) is 0 Å². The molecule has 0 amide bonds. The molecule has 2 N–H and O–H groups in total. The van der Waals surface area contributed by atoms with E-state index in [-0.39, 0.29) is 23.7 Å². The highest BCUT2D eigenvalue weighted by atomic mass is 16.7. The molecule has 7 nitrogen and oxygen atoms in total. The standard InChI is InChI=1S/C25H38O7/c1-14(2)12-19(26)30-21-16(4)13-17-20(27)15(3)8-10-23(5,6)18-9-11-24(7,32-18)22(28)25(21,29)31-17/h8,10,12,15-18,21-22,28-29H,9,11,13H2,1-7H3/b10-8-/t15-,16+,17+,18-,21+,22-,24+,25-/m0/s1. The Morgan fingerprint density at radius 1 is 1.22 bits per heavy atom. The summed E-state index contributed by atoms with van der Waals surface area (Å²) in [5.41, 5.74) is -0.761. The minimum atomic E-state index is -2.29. The second-order valence-corrected chi connectivity index (χ2v) is 10.9. The molecule has 0 aromatic heterocycles. The molecule has 0 saturated carbocycles. The number of ether oxygens (including phenoxy) is 3. The van der Waals surface area contributed by atoms with E-state index in [4.69, 9.17) is 14.2 Å². The fourth-order valence-corrected chi connectivity index (χ4v) is 5.11. The Kier molecular flexibility index (Phi) is 6.80. The first kappa shape index (κ1) is 25.1. The molecule has 32 heavy (non-hydrogen) atoms. The van der Waals surface area contributed by atoms with E-state index in [0.29, 0.717) is 12.8 Å². The SMILES string of the molecule is CC(C)=CC(=O)O[C@@H]1[C@H](C)C[C@H]2O[C@]1(O)[C@@H](O)[C@@]1(C)CC[C@H](O1)C(C)(C)/C=C\[C@H](C)C2=O. The molecule has 0 aromatic carbocycles. The van der Waals surface area contributed by atoms with Gasteiger partial charge in [-0.3, -0.25) is 4.79 Å². The van der Waals surface area contributed by atoms with Crippen molar-refractivity contribution in [3.05, 3.63) is 23.8 Å². The van der Waals surface area contributed by atoms with E-state index in [1.54, 1.807) is 34.6 Å². The number of fused-ring (bicyclic) bond motifs is 4. The van der Waals surface area contributed by atoms with Crippen LogP contribution in [0.3, 0.4) is 0 Å². The van der Waals surface area contributed by atoms with Gasteiger partial charge in [0.2, 0.25) is 5.79 Å². The number of hydrogen-bond acceptors (Lipinski definition) is 7. The van der Waals surface area contributed by atoms with Crippen LogP contribution in [0.1, 0.15) is 67.7 Å². The smallest absolute Gasteiger partial charge is 0.331 e. The average molecular weight is 451 g/mol. The molecule has 3 aliphatic rings. The van der Waals surface area contributed by atoms with Crippen molar-refractivity contribution in [1.29, 1.82) is 0 Å². The van der Waals surface area contributed by atoms with E-state index >= 15 is 0 Å². The van der Waals surface area contributed by atoms with Crippen molar-refractivity contribution < 1.29 is 34.0 Å². The maximum atomic E-state index is 13.2. The number of carbonyl (C=O) groups excluding carboxylic acids is 2. The predicted octanol–water partition coefficient (Wildman–Crippen LogP) is 3.08. The molecule has 3 aliphatic heterocycles. The van der Waals surface area contributed by atoms with Crippen LogP contribution in [-0.4, -0.2) is 57.8 Å². The van der Waals surface area contributed by atoms with Gasteiger partial charge in [-0.05, 0) is 40.0 Å². The first-order chi connectivity index (χ1) is 14.7. The summed E-state index contributed by atoms with van der Waals surface area (Å²) in [6, 6.07) is 0. The summed E-state index contributed by atoms with van der Waals surface area (Å²) < 4.78 is 17.9. The first-order valence-corrected chi connectivity index (χ1v) is 11.5. The molecule has 180 valence electrons. The van der Waals surface area contributed by atoms with Crippen molar-refractivity contribution in [2.75, 3.05) is 0 Å². The minimum absolute atomic E-state index is 0.178. The summed E-state index contributed by atoms with van der Waals surface area (Å²) in [5.74, 6) is -3.97. The van der Waals surface area contributed by atoms with Crippen molar-refractivity contribution in [2.45, 2.75) is 104 Å². The molecule has 2 saturated heterocycles. The molecule has 0 spiro atoms. The molecule has 2 fully saturated rings. The molecule has 0 radical (unpaired) electrons. The normalized spacial score (nSPS) is 44.7. The third kappa shape index (κ3) is 4.58. The molecule has 3 heterocycles. The Hall–Kier alpha value is -1.54. The zero-order valence-electron chi connectivity index (χ0n) is 20.3. The van der Waals surface area contributed by atoms with Crippen LogP contribution in [-0.2, 0) is 23.8 Å². The summed E-state index contributed by atoms with van der Waals surface area (Å²) in [5, 5.41) is 23.2. The molecule has 7 heteroatoms. The fourth-order valence-electron chi connectivity index (χ4n) is 5.11. The number of ketones is 1. The number of aliphatic hydroxyl groups excluding tert-OH is 1. The van der Waals surface area contributed by atoms with Gasteiger partial charge in [-0.25, -0.2) is 4.79 Å². The predicted molar refractivity (Wildman–Crippen MR) is 119 cm³/mol. The number of allylic oxidation sites excluding steroid dienone is 2. The molecular formula is C25H38O7. The van der Waals surface area contributed by atoms with Gasteiger partial charge in [0.25, 0.3) is 0 Å². The number of carbonyl (C=O) groups is 2. The summed E-state index contributed by atoms with van der Waals surface area (Å²) in [6.07, 6.45) is 2.77. The Morgan fingerprint density at radius 2 is 1.88 bits per heavy atom. The van der Waals surface area contributed by atoms with Gasteiger partial charge < -0.3 is 24.4 Å². The Morgan fingerprint density at radius 3 is 2.50 bits per heavy atom. The zero-order chi connectivity index (χ0) is 24.1. The van der Waals surface area contributed by atoms with Gasteiger partial charge in [0.15, 0.2) is 11.9 Å². The zero-order valence-corrected chi connectivity index (χ0v) is 20.3. The van der Waals surface area contributed by atoms with Crippen LogP contribution in [0.4, 0.5) is 0 Å². The van der Waals surface area contributed by atoms with Crippen molar-refractivity contribution >= 4 is 11.8 Å². The quantitative estimate of drug-likeness (QED) is 0.379. The lowest BCUT2D eigenvalue weighted by Crippen LogP contribution is -2.68. The molecule has 0 aliphatic carbocycles. The molecule has 0 aromatic rings. The molecule has 3 rings (SSSR count). The molecule has 4 bridgehead atoms. The second-order valence-electron chi connectivity index (χ2n) is 10.9. The number of Topliss-reactive ketones (excluding diaryl/α,β-unsaturated/α-hetero) is 1. The highest BCUT2D eigenvalue weighted by Crippen LogP contribution is 2.48. The van der Waals surface area contributed by atoms with Crippen molar-refractivity contribution in [3.8, 4) is 0 Å². The van der Waals surface area contributed by atoms with E-state index < -0.39 is 47.5 Å². The van der Waals surface area contributed by atoms with E-state index in [9.17, 15) is 19.8 Å². The van der Waals surface area contributed by atoms with E-state index in [1.165, 1.54) is 6.08 Å². The lowest BCUT2D eigenvalue weighted by molar-refractivity contribution is -0.363. The van der Waals surface area contributed by atoms with Crippen LogP contribution >= 0.6 is 0 Å². The van der Waals surface area contributed by atoms with Gasteiger partial charge in [-0.2, -0.15) is 0 Å². The third-order valence-electron chi connectivity index (χ3n) is 7.19. The average Bonchev–Trinajstić information content (AvgIpc) is 3.11. The summed E-state index contributed by atoms with van der Waals surface area (Å²) >= 11 is 0. The highest BCUT2D eigenvalue weighted by Gasteiger charge is 2.62. The van der Waals surface area contributed by atoms with Gasteiger partial charge >= 0.3 is 5.97 Å². The van der Waals surface area contributed by atoms with Crippen molar-refractivity contribution in [3.63, 3.8) is 0 Å². The van der Waals surface area contributed by atoms with Crippen molar-refractivity contribution in [2.24, 2.45) is 17.3 Å². The van der Waals surface area contributed by atoms with E-state index in [0.717, 1.165) is 5.57 Å². The number of rotatable bonds is 2. The van der Waals surface area contributed by atoms with Crippen molar-refractivity contribution in [1.82, 2.24) is 0 Å². The second kappa shape index (κ2) is 8.67. The lowest BCUT2D eigenvalue weighted by Gasteiger charge is -2.51. The number of hydrogen-bond donors (Lipinski definition) is 2. The van der Waals surface area contributed by atoms with Gasteiger partial charge in [-0.1, -0.05) is 45.4 Å². The largest absolute Gasteiger partial charge is 0.453 e. The van der Waals surface area contributed by atoms with Crippen LogP contribution in [0.2, 0.25) is 0 Å². The summed E-state index contributed by atoms with van der Waals surface area (Å²) in [4.78, 5) is 25.6. The first-order valence-electron chi connectivity index (χ1n) is 11.5. The Labute approximate surface area is 190 Å². The summed E-state index contributed by atoms with van der Waals surface area (Å²) in [7, 11) is 0. The van der Waals surface area contributed by atoms with Crippen LogP contribution in [0.5, 0.6) is 0 Å². The number of esters is 1. The van der Waals surface area contributed by atoms with Crippen LogP contribution < -0.4 is 0 Å². The van der Waals surface area contributed by atoms with E-state index in [1.807, 2.05) is 26.0 Å². The molecule has 0 unspecified atom stereocenters. The van der Waals surface area contributed by atoms with Gasteiger partial charge in [0.05, 0.1) is 11.7 Å². The van der Waals surface area contributed by atoms with E-state index in [2.05, 4.69) is 0 Å². The maximum Gasteiger partial charge on any atom is 0.331 e. The topological polar surface area (TPSA) is 102 Å². The van der Waals surface area contributed by atoms with Gasteiger partial charge in [0, 0.05) is 23.3 Å². The number of aliphatic hydroxyl groups is 2. The summed E-state index contributed by atoms with van der Waals surface area (Å²) in [6.45, 7) is 12.9. The monoisotopic (exact) mass is 450 g/mol. The Balaban J connectivity index is 2.07. The van der Waals surface area contributed by atoms with Crippen LogP contribution in [0.25, 0.3) is 0 Å².